The molecule has 0 radical (unpaired) electrons. The van der Waals surface area contributed by atoms with Crippen molar-refractivity contribution < 1.29 is 0 Å². The molecule has 2 aliphatic carbocycles. The van der Waals surface area contributed by atoms with E-state index < -0.39 is 0 Å². The number of hydrogen-bond acceptors (Lipinski definition) is 8. The summed E-state index contributed by atoms with van der Waals surface area (Å²) in [6.07, 6.45) is 17.1. The lowest BCUT2D eigenvalue weighted by Gasteiger charge is -2.34. The Labute approximate surface area is 183 Å². The Kier molecular flexibility index (Phi) is 6.89. The van der Waals surface area contributed by atoms with Gasteiger partial charge in [0, 0.05) is 36.9 Å². The minimum atomic E-state index is 0.373. The van der Waals surface area contributed by atoms with Crippen molar-refractivity contribution in [2.45, 2.75) is 69.9 Å². The molecule has 0 aromatic carbocycles. The summed E-state index contributed by atoms with van der Waals surface area (Å²) >= 11 is 0. The van der Waals surface area contributed by atoms with Crippen molar-refractivity contribution in [1.29, 1.82) is 10.5 Å². The molecule has 0 saturated heterocycles. The molecular weight excluding hydrogens is 388 g/mol. The van der Waals surface area contributed by atoms with Gasteiger partial charge in [0.1, 0.15) is 12.1 Å². The molecule has 8 heteroatoms. The highest BCUT2D eigenvalue weighted by molar-refractivity contribution is 5.48. The van der Waals surface area contributed by atoms with Crippen molar-refractivity contribution in [1.82, 2.24) is 19.9 Å². The van der Waals surface area contributed by atoms with E-state index in [0.29, 0.717) is 35.1 Å². The Bertz CT molecular complexity index is 869. The molecule has 2 heterocycles. The third kappa shape index (κ3) is 5.46. The molecule has 2 N–H and O–H groups in total. The molecule has 160 valence electrons. The monoisotopic (exact) mass is 416 g/mol. The fourth-order valence-electron chi connectivity index (χ4n) is 4.99. The molecule has 0 unspecified atom stereocenters. The molecule has 2 aromatic heterocycles. The first-order valence-corrected chi connectivity index (χ1v) is 11.2. The van der Waals surface area contributed by atoms with Crippen LogP contribution in [0, 0.1) is 34.5 Å². The maximum absolute atomic E-state index is 9.18. The van der Waals surface area contributed by atoms with Gasteiger partial charge in [0.25, 0.3) is 0 Å². The predicted octanol–water partition coefficient (Wildman–Crippen LogP) is 4.04. The lowest BCUT2D eigenvalue weighted by molar-refractivity contribution is 0.232. The zero-order valence-corrected chi connectivity index (χ0v) is 17.7. The van der Waals surface area contributed by atoms with Crippen molar-refractivity contribution in [3.63, 3.8) is 0 Å². The molecule has 0 amide bonds. The van der Waals surface area contributed by atoms with Crippen LogP contribution in [-0.4, -0.2) is 32.0 Å². The van der Waals surface area contributed by atoms with Gasteiger partial charge in [0.2, 0.25) is 0 Å². The summed E-state index contributed by atoms with van der Waals surface area (Å²) in [7, 11) is 0. The molecule has 2 aliphatic rings. The standard InChI is InChI=1S/C23H28N8/c24-14-20-22(28-11-9-26-20)30-18-5-1-16(2-6-18)13-17-3-7-19(8-4-17)31-23-21(15-25)27-10-12-29-23/h9-12,16-19H,1-8,13H2,(H,28,30)(H,29,31). The Morgan fingerprint density at radius 3 is 1.42 bits per heavy atom. The van der Waals surface area contributed by atoms with Crippen molar-refractivity contribution in [2.75, 3.05) is 10.6 Å². The lowest BCUT2D eigenvalue weighted by Crippen LogP contribution is -2.30. The van der Waals surface area contributed by atoms with E-state index in [-0.39, 0.29) is 0 Å². The molecule has 0 spiro atoms. The van der Waals surface area contributed by atoms with Gasteiger partial charge in [-0.2, -0.15) is 10.5 Å². The second-order valence-corrected chi connectivity index (χ2v) is 8.69. The summed E-state index contributed by atoms with van der Waals surface area (Å²) in [5, 5.41) is 25.2. The summed E-state index contributed by atoms with van der Waals surface area (Å²) in [4.78, 5) is 16.7. The highest BCUT2D eigenvalue weighted by Crippen LogP contribution is 2.36. The average Bonchev–Trinajstić information content (AvgIpc) is 2.82. The highest BCUT2D eigenvalue weighted by Gasteiger charge is 2.27. The van der Waals surface area contributed by atoms with Crippen LogP contribution in [0.2, 0.25) is 0 Å². The largest absolute Gasteiger partial charge is 0.365 e. The number of nitrogens with one attached hydrogen (secondary N) is 2. The third-order valence-electron chi connectivity index (χ3n) is 6.65. The number of nitriles is 2. The van der Waals surface area contributed by atoms with Gasteiger partial charge in [-0.1, -0.05) is 0 Å². The van der Waals surface area contributed by atoms with E-state index in [4.69, 9.17) is 0 Å². The van der Waals surface area contributed by atoms with Crippen molar-refractivity contribution in [3.05, 3.63) is 36.2 Å². The van der Waals surface area contributed by atoms with Crippen LogP contribution in [0.5, 0.6) is 0 Å². The summed E-state index contributed by atoms with van der Waals surface area (Å²) in [6.45, 7) is 0. The van der Waals surface area contributed by atoms with Crippen molar-refractivity contribution in [3.8, 4) is 12.1 Å². The molecule has 8 nitrogen and oxygen atoms in total. The van der Waals surface area contributed by atoms with E-state index in [2.05, 4.69) is 42.7 Å². The van der Waals surface area contributed by atoms with Crippen LogP contribution in [0.4, 0.5) is 11.6 Å². The lowest BCUT2D eigenvalue weighted by atomic mass is 9.75. The fraction of sp³-hybridized carbons (Fsp3) is 0.565. The first-order valence-electron chi connectivity index (χ1n) is 11.2. The van der Waals surface area contributed by atoms with Gasteiger partial charge in [0.05, 0.1) is 0 Å². The van der Waals surface area contributed by atoms with Gasteiger partial charge < -0.3 is 10.6 Å². The number of hydrogen-bond donors (Lipinski definition) is 2. The summed E-state index contributed by atoms with van der Waals surface area (Å²) in [5.74, 6) is 2.80. The molecule has 31 heavy (non-hydrogen) atoms. The molecule has 4 rings (SSSR count). The number of aromatic nitrogens is 4. The van der Waals surface area contributed by atoms with Crippen LogP contribution in [0.3, 0.4) is 0 Å². The van der Waals surface area contributed by atoms with Gasteiger partial charge in [-0.15, -0.1) is 0 Å². The number of nitrogens with zero attached hydrogens (tertiary/aromatic N) is 6. The topological polar surface area (TPSA) is 123 Å². The number of anilines is 2. The minimum Gasteiger partial charge on any atom is -0.365 e. The maximum atomic E-state index is 9.18. The zero-order chi connectivity index (χ0) is 21.5. The molecule has 2 saturated carbocycles. The Balaban J connectivity index is 1.19. The minimum absolute atomic E-state index is 0.373. The van der Waals surface area contributed by atoms with Crippen molar-refractivity contribution in [2.24, 2.45) is 11.8 Å². The fourth-order valence-corrected chi connectivity index (χ4v) is 4.99. The molecule has 0 aliphatic heterocycles. The van der Waals surface area contributed by atoms with Crippen LogP contribution in [-0.2, 0) is 0 Å². The van der Waals surface area contributed by atoms with Crippen LogP contribution >= 0.6 is 0 Å². The Morgan fingerprint density at radius 1 is 0.645 bits per heavy atom. The first-order chi connectivity index (χ1) is 15.2. The second-order valence-electron chi connectivity index (χ2n) is 8.69. The van der Waals surface area contributed by atoms with Crippen molar-refractivity contribution >= 4 is 11.6 Å². The summed E-state index contributed by atoms with van der Waals surface area (Å²) in [6, 6.07) is 4.97. The molecule has 2 aromatic rings. The first kappa shape index (κ1) is 21.0. The predicted molar refractivity (Wildman–Crippen MR) is 117 cm³/mol. The molecular formula is C23H28N8. The van der Waals surface area contributed by atoms with Gasteiger partial charge >= 0.3 is 0 Å². The molecule has 0 atom stereocenters. The molecule has 2 fully saturated rings. The number of rotatable bonds is 6. The van der Waals surface area contributed by atoms with E-state index in [1.54, 1.807) is 24.8 Å². The summed E-state index contributed by atoms with van der Waals surface area (Å²) < 4.78 is 0. The van der Waals surface area contributed by atoms with Crippen LogP contribution < -0.4 is 10.6 Å². The summed E-state index contributed by atoms with van der Waals surface area (Å²) in [5.41, 5.74) is 0.747. The van der Waals surface area contributed by atoms with E-state index in [1.807, 2.05) is 0 Å². The normalized spacial score (nSPS) is 25.7. The van der Waals surface area contributed by atoms with Gasteiger partial charge in [-0.3, -0.25) is 0 Å². The van der Waals surface area contributed by atoms with Crippen LogP contribution in [0.1, 0.15) is 69.2 Å². The van der Waals surface area contributed by atoms with E-state index in [9.17, 15) is 10.5 Å². The smallest absolute Gasteiger partial charge is 0.182 e. The highest BCUT2D eigenvalue weighted by atomic mass is 15.0. The van der Waals surface area contributed by atoms with Gasteiger partial charge in [-0.25, -0.2) is 19.9 Å². The van der Waals surface area contributed by atoms with Crippen LogP contribution in [0.25, 0.3) is 0 Å². The van der Waals surface area contributed by atoms with E-state index in [0.717, 1.165) is 37.5 Å². The van der Waals surface area contributed by atoms with Crippen LogP contribution in [0.15, 0.2) is 24.8 Å². The van der Waals surface area contributed by atoms with Gasteiger partial charge in [-0.05, 0) is 69.6 Å². The van der Waals surface area contributed by atoms with E-state index in [1.165, 1.54) is 32.1 Å². The van der Waals surface area contributed by atoms with Gasteiger partial charge in [0.15, 0.2) is 23.0 Å². The Hall–Kier alpha value is -3.26. The van der Waals surface area contributed by atoms with E-state index >= 15 is 0 Å². The molecule has 0 bridgehead atoms. The Morgan fingerprint density at radius 2 is 1.03 bits per heavy atom. The quantitative estimate of drug-likeness (QED) is 0.723. The zero-order valence-electron chi connectivity index (χ0n) is 17.7. The maximum Gasteiger partial charge on any atom is 0.182 e. The SMILES string of the molecule is N#Cc1nccnc1NC1CCC(CC2CCC(Nc3nccnc3C#N)CC2)CC1. The second kappa shape index (κ2) is 10.2. The third-order valence-corrected chi connectivity index (χ3v) is 6.65. The average molecular weight is 417 g/mol.